The molecule has 1 fully saturated rings. The van der Waals surface area contributed by atoms with Crippen molar-refractivity contribution in [3.63, 3.8) is 0 Å². The van der Waals surface area contributed by atoms with Gasteiger partial charge in [-0.3, -0.25) is 14.9 Å². The van der Waals surface area contributed by atoms with Gasteiger partial charge in [0.15, 0.2) is 5.65 Å². The number of benzene rings is 1. The standard InChI is InChI=1S/C22H24FN5O3/c1-3-15-12-20(22(29)26-10-6-4-5-7-14(26)2)24-21-13-19(25-27(15)21)17-9-8-16(28(30)31)11-18(17)23/h8-9,11-14H,3-7,10H2,1-2H3/t14-/m1/s1. The van der Waals surface area contributed by atoms with Crippen LogP contribution in [0.2, 0.25) is 0 Å². The number of likely N-dealkylation sites (tertiary alicyclic amines) is 1. The summed E-state index contributed by atoms with van der Waals surface area (Å²) >= 11 is 0. The number of rotatable bonds is 4. The maximum atomic E-state index is 14.5. The van der Waals surface area contributed by atoms with Crippen LogP contribution in [0.3, 0.4) is 0 Å². The highest BCUT2D eigenvalue weighted by Crippen LogP contribution is 2.27. The lowest BCUT2D eigenvalue weighted by Gasteiger charge is -2.27. The highest BCUT2D eigenvalue weighted by atomic mass is 19.1. The lowest BCUT2D eigenvalue weighted by Crippen LogP contribution is -2.38. The van der Waals surface area contributed by atoms with Gasteiger partial charge in [-0.2, -0.15) is 5.10 Å². The molecule has 1 aromatic carbocycles. The van der Waals surface area contributed by atoms with E-state index in [2.05, 4.69) is 17.0 Å². The number of fused-ring (bicyclic) bond motifs is 1. The smallest absolute Gasteiger partial charge is 0.272 e. The molecule has 162 valence electrons. The van der Waals surface area contributed by atoms with Gasteiger partial charge in [-0.15, -0.1) is 0 Å². The molecule has 2 aromatic heterocycles. The normalized spacial score (nSPS) is 17.0. The molecule has 0 radical (unpaired) electrons. The molecule has 1 atom stereocenters. The van der Waals surface area contributed by atoms with Crippen LogP contribution in [0, 0.1) is 15.9 Å². The number of halogens is 1. The number of amides is 1. The number of hydrogen-bond donors (Lipinski definition) is 0. The number of aryl methyl sites for hydroxylation is 1. The lowest BCUT2D eigenvalue weighted by molar-refractivity contribution is -0.385. The summed E-state index contributed by atoms with van der Waals surface area (Å²) in [5.41, 5.74) is 1.71. The summed E-state index contributed by atoms with van der Waals surface area (Å²) in [6.07, 6.45) is 4.80. The average molecular weight is 425 g/mol. The molecule has 0 saturated carbocycles. The van der Waals surface area contributed by atoms with Crippen LogP contribution in [-0.2, 0) is 6.42 Å². The molecule has 4 rings (SSSR count). The van der Waals surface area contributed by atoms with Gasteiger partial charge in [-0.1, -0.05) is 19.8 Å². The topological polar surface area (TPSA) is 93.6 Å². The van der Waals surface area contributed by atoms with Crippen LogP contribution in [0.15, 0.2) is 30.3 Å². The highest BCUT2D eigenvalue weighted by Gasteiger charge is 2.25. The Morgan fingerprint density at radius 3 is 2.77 bits per heavy atom. The third kappa shape index (κ3) is 3.99. The minimum Gasteiger partial charge on any atom is -0.335 e. The van der Waals surface area contributed by atoms with E-state index < -0.39 is 10.7 Å². The molecule has 1 aliphatic rings. The van der Waals surface area contributed by atoms with E-state index in [1.54, 1.807) is 16.6 Å². The summed E-state index contributed by atoms with van der Waals surface area (Å²) in [5, 5.41) is 15.3. The van der Waals surface area contributed by atoms with Crippen LogP contribution in [-0.4, -0.2) is 42.9 Å². The molecule has 1 aliphatic heterocycles. The fourth-order valence-electron chi connectivity index (χ4n) is 4.08. The summed E-state index contributed by atoms with van der Waals surface area (Å²) < 4.78 is 16.1. The summed E-state index contributed by atoms with van der Waals surface area (Å²) in [6, 6.07) is 6.97. The molecule has 3 aromatic rings. The first-order chi connectivity index (χ1) is 14.9. The quantitative estimate of drug-likeness (QED) is 0.456. The van der Waals surface area contributed by atoms with Gasteiger partial charge in [0.25, 0.3) is 11.6 Å². The lowest BCUT2D eigenvalue weighted by atomic mass is 10.1. The molecular formula is C22H24FN5O3. The first-order valence-electron chi connectivity index (χ1n) is 10.5. The maximum Gasteiger partial charge on any atom is 0.272 e. The predicted molar refractivity (Wildman–Crippen MR) is 113 cm³/mol. The Morgan fingerprint density at radius 1 is 1.26 bits per heavy atom. The largest absolute Gasteiger partial charge is 0.335 e. The van der Waals surface area contributed by atoms with E-state index in [9.17, 15) is 19.3 Å². The average Bonchev–Trinajstić information content (AvgIpc) is 3.06. The molecule has 9 heteroatoms. The number of nitro benzene ring substituents is 1. The molecule has 8 nitrogen and oxygen atoms in total. The fourth-order valence-corrected chi connectivity index (χ4v) is 4.08. The number of aromatic nitrogens is 3. The van der Waals surface area contributed by atoms with Crippen molar-refractivity contribution < 1.29 is 14.1 Å². The Morgan fingerprint density at radius 2 is 2.06 bits per heavy atom. The number of nitro groups is 1. The maximum absolute atomic E-state index is 14.5. The number of hydrogen-bond acceptors (Lipinski definition) is 5. The van der Waals surface area contributed by atoms with E-state index in [1.165, 1.54) is 12.1 Å². The molecule has 0 unspecified atom stereocenters. The zero-order valence-electron chi connectivity index (χ0n) is 17.5. The van der Waals surface area contributed by atoms with Crippen LogP contribution in [0.5, 0.6) is 0 Å². The summed E-state index contributed by atoms with van der Waals surface area (Å²) in [6.45, 7) is 4.73. The zero-order valence-corrected chi connectivity index (χ0v) is 17.5. The van der Waals surface area contributed by atoms with Crippen molar-refractivity contribution in [2.45, 2.75) is 52.0 Å². The number of nitrogens with zero attached hydrogens (tertiary/aromatic N) is 5. The van der Waals surface area contributed by atoms with Crippen molar-refractivity contribution in [2.24, 2.45) is 0 Å². The van der Waals surface area contributed by atoms with E-state index in [1.807, 2.05) is 11.8 Å². The van der Waals surface area contributed by atoms with Crippen molar-refractivity contribution in [3.8, 4) is 11.3 Å². The van der Waals surface area contributed by atoms with Gasteiger partial charge < -0.3 is 4.90 Å². The van der Waals surface area contributed by atoms with Crippen molar-refractivity contribution in [3.05, 3.63) is 57.7 Å². The summed E-state index contributed by atoms with van der Waals surface area (Å²) in [7, 11) is 0. The van der Waals surface area contributed by atoms with E-state index >= 15 is 0 Å². The van der Waals surface area contributed by atoms with Crippen LogP contribution >= 0.6 is 0 Å². The van der Waals surface area contributed by atoms with E-state index in [-0.39, 0.29) is 23.2 Å². The Kier molecular flexibility index (Phi) is 5.67. The SMILES string of the molecule is CCc1cc(C(=O)N2CCCCC[C@H]2C)nc2cc(-c3ccc([N+](=O)[O-])cc3F)nn12. The van der Waals surface area contributed by atoms with Crippen molar-refractivity contribution >= 4 is 17.2 Å². The van der Waals surface area contributed by atoms with Crippen LogP contribution in [0.1, 0.15) is 55.7 Å². The summed E-state index contributed by atoms with van der Waals surface area (Å²) in [5.74, 6) is -0.832. The third-order valence-corrected chi connectivity index (χ3v) is 5.84. The van der Waals surface area contributed by atoms with Crippen LogP contribution in [0.4, 0.5) is 10.1 Å². The van der Waals surface area contributed by atoms with Gasteiger partial charge in [-0.25, -0.2) is 13.9 Å². The molecule has 0 spiro atoms. The van der Waals surface area contributed by atoms with Gasteiger partial charge in [0.05, 0.1) is 16.7 Å². The monoisotopic (exact) mass is 425 g/mol. The Hall–Kier alpha value is -3.36. The molecule has 1 saturated heterocycles. The second-order valence-electron chi connectivity index (χ2n) is 7.90. The van der Waals surface area contributed by atoms with Gasteiger partial charge in [0.2, 0.25) is 0 Å². The molecule has 1 amide bonds. The highest BCUT2D eigenvalue weighted by molar-refractivity contribution is 5.93. The van der Waals surface area contributed by atoms with Gasteiger partial charge >= 0.3 is 0 Å². The Labute approximate surface area is 178 Å². The summed E-state index contributed by atoms with van der Waals surface area (Å²) in [4.78, 5) is 29.9. The Balaban J connectivity index is 1.75. The fraction of sp³-hybridized carbons (Fsp3) is 0.409. The first kappa shape index (κ1) is 20.9. The minimum absolute atomic E-state index is 0.101. The minimum atomic E-state index is -0.731. The number of non-ortho nitro benzene ring substituents is 1. The second-order valence-corrected chi connectivity index (χ2v) is 7.90. The third-order valence-electron chi connectivity index (χ3n) is 5.84. The van der Waals surface area contributed by atoms with E-state index in [4.69, 9.17) is 0 Å². The molecule has 31 heavy (non-hydrogen) atoms. The van der Waals surface area contributed by atoms with Crippen LogP contribution in [0.25, 0.3) is 16.9 Å². The molecule has 0 bridgehead atoms. The first-order valence-corrected chi connectivity index (χ1v) is 10.5. The van der Waals surface area contributed by atoms with Crippen LogP contribution < -0.4 is 0 Å². The molecule has 0 aliphatic carbocycles. The molecular weight excluding hydrogens is 401 g/mol. The van der Waals surface area contributed by atoms with E-state index in [0.717, 1.165) is 37.4 Å². The Bertz CT molecular complexity index is 1160. The molecule has 3 heterocycles. The van der Waals surface area contributed by atoms with E-state index in [0.29, 0.717) is 30.0 Å². The molecule has 0 N–H and O–H groups in total. The zero-order chi connectivity index (χ0) is 22.1. The predicted octanol–water partition coefficient (Wildman–Crippen LogP) is 4.41. The second kappa shape index (κ2) is 8.41. The number of carbonyl (C=O) groups is 1. The van der Waals surface area contributed by atoms with Gasteiger partial charge in [0.1, 0.15) is 11.5 Å². The van der Waals surface area contributed by atoms with Crippen molar-refractivity contribution in [2.75, 3.05) is 6.54 Å². The van der Waals surface area contributed by atoms with Gasteiger partial charge in [-0.05, 0) is 38.3 Å². The number of carbonyl (C=O) groups excluding carboxylic acids is 1. The van der Waals surface area contributed by atoms with Crippen molar-refractivity contribution in [1.29, 1.82) is 0 Å². The van der Waals surface area contributed by atoms with Gasteiger partial charge in [0, 0.05) is 36.0 Å². The van der Waals surface area contributed by atoms with Crippen molar-refractivity contribution in [1.82, 2.24) is 19.5 Å².